The Morgan fingerprint density at radius 1 is 0.625 bits per heavy atom. The Kier molecular flexibility index (Phi) is 7.48. The van der Waals surface area contributed by atoms with Crippen LogP contribution in [0, 0.1) is 67.2 Å². The van der Waals surface area contributed by atoms with E-state index in [4.69, 9.17) is 4.74 Å². The Morgan fingerprint density at radius 2 is 1.03 bits per heavy atom. The van der Waals surface area contributed by atoms with Gasteiger partial charge in [0.25, 0.3) is 0 Å². The van der Waals surface area contributed by atoms with Crippen LogP contribution in [0.1, 0.15) is 102 Å². The van der Waals surface area contributed by atoms with Gasteiger partial charge >= 0.3 is 0 Å². The molecule has 2 aromatic rings. The first-order chi connectivity index (χ1) is 15.0. The second-order valence-electron chi connectivity index (χ2n) is 11.1. The maximum absolute atomic E-state index is 6.55. The fourth-order valence-electron chi connectivity index (χ4n) is 6.15. The van der Waals surface area contributed by atoms with Crippen LogP contribution >= 0.6 is 0 Å². The zero-order chi connectivity index (χ0) is 23.9. The van der Waals surface area contributed by atoms with E-state index in [0.717, 1.165) is 18.3 Å². The number of hydrogen-bond donors (Lipinski definition) is 0. The molecule has 0 spiro atoms. The van der Waals surface area contributed by atoms with Gasteiger partial charge in [0.15, 0.2) is 0 Å². The molecule has 0 aliphatic heterocycles. The van der Waals surface area contributed by atoms with Crippen LogP contribution in [0.3, 0.4) is 0 Å². The van der Waals surface area contributed by atoms with Crippen LogP contribution in [-0.4, -0.2) is 6.61 Å². The highest BCUT2D eigenvalue weighted by molar-refractivity contribution is 5.82. The van der Waals surface area contributed by atoms with E-state index < -0.39 is 0 Å². The van der Waals surface area contributed by atoms with Crippen molar-refractivity contribution in [2.75, 3.05) is 6.61 Å². The largest absolute Gasteiger partial charge is 0.493 e. The van der Waals surface area contributed by atoms with Gasteiger partial charge in [-0.15, -0.1) is 0 Å². The first kappa shape index (κ1) is 24.9. The van der Waals surface area contributed by atoms with Crippen LogP contribution in [0.5, 0.6) is 5.75 Å². The maximum Gasteiger partial charge on any atom is 0.125 e. The zero-order valence-corrected chi connectivity index (χ0v) is 22.7. The van der Waals surface area contributed by atoms with Crippen LogP contribution in [0.4, 0.5) is 0 Å². The molecule has 0 unspecified atom stereocenters. The summed E-state index contributed by atoms with van der Waals surface area (Å²) in [6, 6.07) is 0. The summed E-state index contributed by atoms with van der Waals surface area (Å²) in [4.78, 5) is 0. The third-order valence-electron chi connectivity index (χ3n) is 8.67. The molecule has 1 nitrogen and oxygen atoms in total. The van der Waals surface area contributed by atoms with Crippen LogP contribution in [0.25, 0.3) is 11.1 Å². The third-order valence-corrected chi connectivity index (χ3v) is 8.67. The topological polar surface area (TPSA) is 9.23 Å². The predicted molar refractivity (Wildman–Crippen MR) is 140 cm³/mol. The fourth-order valence-corrected chi connectivity index (χ4v) is 6.15. The number of hydrogen-bond acceptors (Lipinski definition) is 1. The van der Waals surface area contributed by atoms with Gasteiger partial charge in [-0.05, 0) is 147 Å². The van der Waals surface area contributed by atoms with Gasteiger partial charge in [0.2, 0.25) is 0 Å². The molecule has 0 bridgehead atoms. The highest BCUT2D eigenvalue weighted by Crippen LogP contribution is 2.44. The normalized spacial score (nSPS) is 19.0. The van der Waals surface area contributed by atoms with Crippen molar-refractivity contribution in [3.63, 3.8) is 0 Å². The maximum atomic E-state index is 6.55. The summed E-state index contributed by atoms with van der Waals surface area (Å²) in [7, 11) is 0. The van der Waals surface area contributed by atoms with Gasteiger partial charge in [0.05, 0.1) is 6.61 Å². The highest BCUT2D eigenvalue weighted by Gasteiger charge is 2.24. The number of rotatable bonds is 5. The molecule has 0 radical (unpaired) electrons. The Hall–Kier alpha value is -1.76. The molecule has 0 amide bonds. The molecule has 0 aromatic heterocycles. The molecule has 3 rings (SSSR count). The minimum Gasteiger partial charge on any atom is -0.493 e. The van der Waals surface area contributed by atoms with Crippen LogP contribution in [-0.2, 0) is 0 Å². The molecular weight excluding hydrogens is 388 g/mol. The standard InChI is InChI=1S/C31H46O/c1-17(2)28-19(4)21(6)29(22(7)20(28)5)30-23(8)25(10)31(26(11)24(30)9)32-16-27-14-12-18(3)13-15-27/h17-18,27H,12-16H2,1-11H3. The predicted octanol–water partition coefficient (Wildman–Crippen LogP) is 9.15. The smallest absolute Gasteiger partial charge is 0.125 e. The van der Waals surface area contributed by atoms with E-state index in [1.54, 1.807) is 0 Å². The number of benzene rings is 2. The summed E-state index contributed by atoms with van der Waals surface area (Å²) in [6.07, 6.45) is 5.34. The number of ether oxygens (including phenoxy) is 1. The van der Waals surface area contributed by atoms with Crippen LogP contribution in [0.2, 0.25) is 0 Å². The van der Waals surface area contributed by atoms with Crippen molar-refractivity contribution in [2.24, 2.45) is 11.8 Å². The minimum absolute atomic E-state index is 0.547. The van der Waals surface area contributed by atoms with Crippen molar-refractivity contribution in [2.45, 2.75) is 108 Å². The molecule has 1 aliphatic rings. The Morgan fingerprint density at radius 3 is 1.44 bits per heavy atom. The molecule has 176 valence electrons. The van der Waals surface area contributed by atoms with E-state index in [0.29, 0.717) is 11.8 Å². The lowest BCUT2D eigenvalue weighted by Gasteiger charge is -2.29. The SMILES string of the molecule is Cc1c(C)c(-c2c(C)c(C)c(C(C)C)c(C)c2C)c(C)c(C)c1OCC1CCC(C)CC1. The highest BCUT2D eigenvalue weighted by atomic mass is 16.5. The van der Waals surface area contributed by atoms with Crippen molar-refractivity contribution in [3.05, 3.63) is 50.1 Å². The Bertz CT molecular complexity index is 942. The summed E-state index contributed by atoms with van der Waals surface area (Å²) in [5.74, 6) is 3.28. The monoisotopic (exact) mass is 434 g/mol. The summed E-state index contributed by atoms with van der Waals surface area (Å²) in [5.41, 5.74) is 15.6. The summed E-state index contributed by atoms with van der Waals surface area (Å²) < 4.78 is 6.55. The van der Waals surface area contributed by atoms with Gasteiger partial charge in [-0.2, -0.15) is 0 Å². The molecule has 1 fully saturated rings. The first-order valence-corrected chi connectivity index (χ1v) is 12.8. The second-order valence-corrected chi connectivity index (χ2v) is 11.1. The lowest BCUT2D eigenvalue weighted by molar-refractivity contribution is 0.186. The molecule has 0 heterocycles. The average Bonchev–Trinajstić information content (AvgIpc) is 2.74. The van der Waals surface area contributed by atoms with E-state index in [1.165, 1.54) is 86.9 Å². The molecule has 1 heteroatoms. The molecule has 2 aromatic carbocycles. The molecule has 32 heavy (non-hydrogen) atoms. The summed E-state index contributed by atoms with van der Waals surface area (Å²) >= 11 is 0. The van der Waals surface area contributed by atoms with Crippen molar-refractivity contribution in [3.8, 4) is 16.9 Å². The third kappa shape index (κ3) is 4.37. The van der Waals surface area contributed by atoms with E-state index in [-0.39, 0.29) is 0 Å². The summed E-state index contributed by atoms with van der Waals surface area (Å²) in [6.45, 7) is 26.3. The van der Waals surface area contributed by atoms with Crippen molar-refractivity contribution < 1.29 is 4.74 Å². The van der Waals surface area contributed by atoms with Crippen LogP contribution in [0.15, 0.2) is 0 Å². The lowest BCUT2D eigenvalue weighted by atomic mass is 9.79. The first-order valence-electron chi connectivity index (χ1n) is 12.8. The Labute approximate surface area is 198 Å². The van der Waals surface area contributed by atoms with E-state index >= 15 is 0 Å². The summed E-state index contributed by atoms with van der Waals surface area (Å²) in [5, 5.41) is 0. The van der Waals surface area contributed by atoms with Gasteiger partial charge in [-0.25, -0.2) is 0 Å². The van der Waals surface area contributed by atoms with Gasteiger partial charge < -0.3 is 4.74 Å². The van der Waals surface area contributed by atoms with E-state index in [2.05, 4.69) is 76.2 Å². The lowest BCUT2D eigenvalue weighted by Crippen LogP contribution is -2.19. The molecular formula is C31H46O. The fraction of sp³-hybridized carbons (Fsp3) is 0.613. The van der Waals surface area contributed by atoms with Gasteiger partial charge in [-0.1, -0.05) is 33.6 Å². The van der Waals surface area contributed by atoms with Gasteiger partial charge in [0, 0.05) is 0 Å². The van der Waals surface area contributed by atoms with Gasteiger partial charge in [0.1, 0.15) is 5.75 Å². The van der Waals surface area contributed by atoms with Crippen molar-refractivity contribution in [1.82, 2.24) is 0 Å². The molecule has 0 N–H and O–H groups in total. The molecule has 0 saturated heterocycles. The van der Waals surface area contributed by atoms with E-state index in [1.807, 2.05) is 0 Å². The second kappa shape index (κ2) is 9.62. The average molecular weight is 435 g/mol. The Balaban J connectivity index is 2.07. The molecule has 1 aliphatic carbocycles. The minimum atomic E-state index is 0.547. The van der Waals surface area contributed by atoms with Crippen molar-refractivity contribution >= 4 is 0 Å². The van der Waals surface area contributed by atoms with Gasteiger partial charge in [-0.3, -0.25) is 0 Å². The van der Waals surface area contributed by atoms with Crippen LogP contribution < -0.4 is 4.74 Å². The molecule has 0 atom stereocenters. The quantitative estimate of drug-likeness (QED) is 0.456. The van der Waals surface area contributed by atoms with E-state index in [9.17, 15) is 0 Å². The van der Waals surface area contributed by atoms with Crippen molar-refractivity contribution in [1.29, 1.82) is 0 Å². The zero-order valence-electron chi connectivity index (χ0n) is 22.7. The molecule has 1 saturated carbocycles.